The van der Waals surface area contributed by atoms with Crippen molar-refractivity contribution in [2.24, 2.45) is 0 Å². The molecule has 0 aliphatic heterocycles. The molecule has 0 bridgehead atoms. The molecule has 1 aromatic carbocycles. The summed E-state index contributed by atoms with van der Waals surface area (Å²) in [6, 6.07) is 8.86. The van der Waals surface area contributed by atoms with Crippen molar-refractivity contribution in [3.63, 3.8) is 0 Å². The number of benzene rings is 1. The topological polar surface area (TPSA) is 42.2 Å². The van der Waals surface area contributed by atoms with Crippen LogP contribution in [0.4, 0.5) is 0 Å². The van der Waals surface area contributed by atoms with Crippen LogP contribution in [0.5, 0.6) is 0 Å². The quantitative estimate of drug-likeness (QED) is 0.905. The van der Waals surface area contributed by atoms with Crippen LogP contribution in [-0.4, -0.2) is 5.91 Å². The molecule has 19 heavy (non-hydrogen) atoms. The molecular formula is C14H13Cl2NO2. The van der Waals surface area contributed by atoms with E-state index in [1.54, 1.807) is 18.2 Å². The Morgan fingerprint density at radius 3 is 2.47 bits per heavy atom. The number of hydrogen-bond donors (Lipinski definition) is 1. The van der Waals surface area contributed by atoms with Crippen molar-refractivity contribution in [1.82, 2.24) is 5.32 Å². The van der Waals surface area contributed by atoms with Crippen LogP contribution in [-0.2, 0) is 0 Å². The molecule has 1 N–H and O–H groups in total. The van der Waals surface area contributed by atoms with Crippen molar-refractivity contribution in [3.8, 4) is 0 Å². The Hall–Kier alpha value is -1.45. The van der Waals surface area contributed by atoms with Gasteiger partial charge in [0, 0.05) is 5.02 Å². The summed E-state index contributed by atoms with van der Waals surface area (Å²) < 4.78 is 4.91. The fraction of sp³-hybridized carbons (Fsp3) is 0.214. The first-order valence-electron chi connectivity index (χ1n) is 5.91. The molecule has 3 nitrogen and oxygen atoms in total. The molecule has 1 unspecified atom stereocenters. The van der Waals surface area contributed by atoms with E-state index in [1.165, 1.54) is 6.26 Å². The van der Waals surface area contributed by atoms with Crippen LogP contribution in [0.2, 0.25) is 10.2 Å². The Balaban J connectivity index is 2.13. The fourth-order valence-electron chi connectivity index (χ4n) is 1.81. The number of carbonyl (C=O) groups excluding carboxylic acids is 1. The smallest absolute Gasteiger partial charge is 0.256 e. The molecule has 1 amide bonds. The highest BCUT2D eigenvalue weighted by molar-refractivity contribution is 6.32. The molecule has 2 aromatic rings. The van der Waals surface area contributed by atoms with E-state index in [0.717, 1.165) is 12.0 Å². The van der Waals surface area contributed by atoms with Crippen LogP contribution in [0.3, 0.4) is 0 Å². The molecule has 5 heteroatoms. The molecule has 2 rings (SSSR count). The molecule has 0 spiro atoms. The number of furan rings is 1. The average molecular weight is 298 g/mol. The number of hydrogen-bond acceptors (Lipinski definition) is 2. The van der Waals surface area contributed by atoms with Gasteiger partial charge >= 0.3 is 0 Å². The minimum atomic E-state index is -0.249. The van der Waals surface area contributed by atoms with Crippen LogP contribution in [0.25, 0.3) is 0 Å². The lowest BCUT2D eigenvalue weighted by Crippen LogP contribution is -2.28. The number of halogens is 2. The first kappa shape index (κ1) is 14.0. The van der Waals surface area contributed by atoms with Gasteiger partial charge in [0.05, 0.1) is 17.9 Å². The maximum Gasteiger partial charge on any atom is 0.256 e. The first-order chi connectivity index (χ1) is 9.11. The van der Waals surface area contributed by atoms with Gasteiger partial charge in [-0.15, -0.1) is 0 Å². The van der Waals surface area contributed by atoms with E-state index in [9.17, 15) is 4.79 Å². The van der Waals surface area contributed by atoms with E-state index in [-0.39, 0.29) is 17.2 Å². The fourth-order valence-corrected chi connectivity index (χ4v) is 2.13. The molecule has 1 atom stereocenters. The molecule has 0 aliphatic carbocycles. The molecule has 1 heterocycles. The van der Waals surface area contributed by atoms with Crippen LogP contribution >= 0.6 is 23.2 Å². The van der Waals surface area contributed by atoms with Crippen molar-refractivity contribution in [2.45, 2.75) is 19.4 Å². The summed E-state index contributed by atoms with van der Waals surface area (Å²) in [5.41, 5.74) is 1.34. The highest BCUT2D eigenvalue weighted by Crippen LogP contribution is 2.22. The second-order valence-corrected chi connectivity index (χ2v) is 4.87. The van der Waals surface area contributed by atoms with Crippen molar-refractivity contribution < 1.29 is 9.21 Å². The predicted octanol–water partition coefficient (Wildman–Crippen LogP) is 4.47. The Bertz CT molecular complexity index is 563. The summed E-state index contributed by atoms with van der Waals surface area (Å²) in [5, 5.41) is 3.69. The van der Waals surface area contributed by atoms with E-state index < -0.39 is 0 Å². The van der Waals surface area contributed by atoms with Gasteiger partial charge in [-0.25, -0.2) is 0 Å². The molecule has 100 valence electrons. The SMILES string of the molecule is CCC(NC(=O)c1ccoc1Cl)c1ccc(Cl)cc1. The third-order valence-electron chi connectivity index (χ3n) is 2.85. The van der Waals surface area contributed by atoms with Gasteiger partial charge in [0.15, 0.2) is 0 Å². The number of nitrogens with one attached hydrogen (secondary N) is 1. The summed E-state index contributed by atoms with van der Waals surface area (Å²) >= 11 is 11.6. The van der Waals surface area contributed by atoms with E-state index in [4.69, 9.17) is 27.6 Å². The Kier molecular flexibility index (Phi) is 4.51. The van der Waals surface area contributed by atoms with Crippen LogP contribution in [0.1, 0.15) is 35.3 Å². The maximum absolute atomic E-state index is 12.1. The Morgan fingerprint density at radius 1 is 1.26 bits per heavy atom. The summed E-state index contributed by atoms with van der Waals surface area (Å²) in [6.07, 6.45) is 2.16. The van der Waals surface area contributed by atoms with Crippen molar-refractivity contribution in [1.29, 1.82) is 0 Å². The van der Waals surface area contributed by atoms with Crippen LogP contribution in [0.15, 0.2) is 41.0 Å². The van der Waals surface area contributed by atoms with Crippen LogP contribution in [0, 0.1) is 0 Å². The van der Waals surface area contributed by atoms with Gasteiger partial charge in [0.25, 0.3) is 5.91 Å². The largest absolute Gasteiger partial charge is 0.452 e. The lowest BCUT2D eigenvalue weighted by molar-refractivity contribution is 0.0935. The normalized spacial score (nSPS) is 12.2. The third kappa shape index (κ3) is 3.31. The van der Waals surface area contributed by atoms with Gasteiger partial charge in [0.2, 0.25) is 5.22 Å². The molecule has 1 aromatic heterocycles. The van der Waals surface area contributed by atoms with Crippen molar-refractivity contribution in [2.75, 3.05) is 0 Å². The van der Waals surface area contributed by atoms with E-state index in [0.29, 0.717) is 10.6 Å². The van der Waals surface area contributed by atoms with Gasteiger partial charge in [-0.1, -0.05) is 30.7 Å². The van der Waals surface area contributed by atoms with Gasteiger partial charge < -0.3 is 9.73 Å². The summed E-state index contributed by atoms with van der Waals surface area (Å²) in [4.78, 5) is 12.1. The highest BCUT2D eigenvalue weighted by atomic mass is 35.5. The zero-order valence-corrected chi connectivity index (χ0v) is 11.8. The second kappa shape index (κ2) is 6.13. The zero-order chi connectivity index (χ0) is 13.8. The average Bonchev–Trinajstić information content (AvgIpc) is 2.83. The third-order valence-corrected chi connectivity index (χ3v) is 3.39. The Labute approximate surface area is 121 Å². The Morgan fingerprint density at radius 2 is 1.95 bits per heavy atom. The van der Waals surface area contributed by atoms with Gasteiger partial charge in [-0.3, -0.25) is 4.79 Å². The van der Waals surface area contributed by atoms with E-state index in [2.05, 4.69) is 5.32 Å². The van der Waals surface area contributed by atoms with E-state index in [1.807, 2.05) is 19.1 Å². The molecule has 0 radical (unpaired) electrons. The van der Waals surface area contributed by atoms with Crippen molar-refractivity contribution in [3.05, 3.63) is 58.0 Å². The highest BCUT2D eigenvalue weighted by Gasteiger charge is 2.17. The standard InChI is InChI=1S/C14H13Cl2NO2/c1-2-12(9-3-5-10(15)6-4-9)17-14(18)11-7-8-19-13(11)16/h3-8,12H,2H2,1H3,(H,17,18). The summed E-state index contributed by atoms with van der Waals surface area (Å²) in [7, 11) is 0. The molecular weight excluding hydrogens is 285 g/mol. The number of rotatable bonds is 4. The van der Waals surface area contributed by atoms with Crippen molar-refractivity contribution >= 4 is 29.1 Å². The number of carbonyl (C=O) groups is 1. The van der Waals surface area contributed by atoms with Gasteiger partial charge in [-0.05, 0) is 41.8 Å². The summed E-state index contributed by atoms with van der Waals surface area (Å²) in [5.74, 6) is -0.249. The minimum Gasteiger partial charge on any atom is -0.452 e. The monoisotopic (exact) mass is 297 g/mol. The second-order valence-electron chi connectivity index (χ2n) is 4.09. The van der Waals surface area contributed by atoms with E-state index >= 15 is 0 Å². The molecule has 0 saturated heterocycles. The van der Waals surface area contributed by atoms with Crippen LogP contribution < -0.4 is 5.32 Å². The zero-order valence-electron chi connectivity index (χ0n) is 10.3. The molecule has 0 fully saturated rings. The molecule has 0 saturated carbocycles. The lowest BCUT2D eigenvalue weighted by atomic mass is 10.0. The lowest BCUT2D eigenvalue weighted by Gasteiger charge is -2.17. The predicted molar refractivity (Wildman–Crippen MR) is 75.7 cm³/mol. The minimum absolute atomic E-state index is 0.0873. The first-order valence-corrected chi connectivity index (χ1v) is 6.66. The maximum atomic E-state index is 12.1. The number of amides is 1. The van der Waals surface area contributed by atoms with Gasteiger partial charge in [0.1, 0.15) is 0 Å². The molecule has 0 aliphatic rings. The summed E-state index contributed by atoms with van der Waals surface area (Å²) in [6.45, 7) is 2.00. The van der Waals surface area contributed by atoms with Gasteiger partial charge in [-0.2, -0.15) is 0 Å².